The lowest BCUT2D eigenvalue weighted by Gasteiger charge is -2.19. The summed E-state index contributed by atoms with van der Waals surface area (Å²) in [6.07, 6.45) is 1.15. The minimum Gasteiger partial charge on any atom is -0.497 e. The van der Waals surface area contributed by atoms with Crippen LogP contribution in [0.25, 0.3) is 11.3 Å². The number of benzene rings is 2. The van der Waals surface area contributed by atoms with Gasteiger partial charge in [0.1, 0.15) is 5.75 Å². The Balaban J connectivity index is 1.54. The third kappa shape index (κ3) is 5.20. The highest BCUT2D eigenvalue weighted by Gasteiger charge is 2.13. The van der Waals surface area contributed by atoms with Crippen LogP contribution in [0.4, 0.5) is 5.13 Å². The maximum Gasteiger partial charge on any atom is 0.226 e. The molecule has 0 saturated heterocycles. The fourth-order valence-corrected chi connectivity index (χ4v) is 3.57. The van der Waals surface area contributed by atoms with Gasteiger partial charge < -0.3 is 10.1 Å². The number of aryl methyl sites for hydroxylation is 1. The number of hydrogen-bond donors (Lipinski definition) is 1. The average molecular weight is 395 g/mol. The van der Waals surface area contributed by atoms with E-state index < -0.39 is 0 Å². The molecule has 1 heterocycles. The zero-order valence-corrected chi connectivity index (χ0v) is 17.6. The number of thiazole rings is 1. The summed E-state index contributed by atoms with van der Waals surface area (Å²) in [4.78, 5) is 16.8. The Morgan fingerprint density at radius 3 is 2.36 bits per heavy atom. The summed E-state index contributed by atoms with van der Waals surface area (Å²) in [7, 11) is 1.64. The van der Waals surface area contributed by atoms with Gasteiger partial charge in [-0.2, -0.15) is 0 Å². The average Bonchev–Trinajstić information content (AvgIpc) is 3.14. The number of rotatable bonds is 6. The molecule has 0 unspecified atom stereocenters. The summed E-state index contributed by atoms with van der Waals surface area (Å²) in [5.74, 6) is 0.790. The molecule has 0 aliphatic rings. The van der Waals surface area contributed by atoms with Gasteiger partial charge in [0.05, 0.1) is 12.8 Å². The van der Waals surface area contributed by atoms with E-state index in [-0.39, 0.29) is 11.3 Å². The quantitative estimate of drug-likeness (QED) is 0.584. The molecule has 5 heteroatoms. The largest absolute Gasteiger partial charge is 0.497 e. The molecule has 3 rings (SSSR count). The summed E-state index contributed by atoms with van der Waals surface area (Å²) >= 11 is 1.43. The van der Waals surface area contributed by atoms with Crippen LogP contribution in [0, 0.1) is 0 Å². The van der Waals surface area contributed by atoms with Crippen LogP contribution in [-0.4, -0.2) is 18.0 Å². The van der Waals surface area contributed by atoms with E-state index in [4.69, 9.17) is 4.74 Å². The van der Waals surface area contributed by atoms with Gasteiger partial charge in [-0.3, -0.25) is 4.79 Å². The Bertz CT molecular complexity index is 922. The summed E-state index contributed by atoms with van der Waals surface area (Å²) in [6, 6.07) is 16.2. The first kappa shape index (κ1) is 20.1. The van der Waals surface area contributed by atoms with E-state index in [2.05, 4.69) is 55.3 Å². The third-order valence-electron chi connectivity index (χ3n) is 4.60. The van der Waals surface area contributed by atoms with Crippen molar-refractivity contribution in [2.45, 2.75) is 39.0 Å². The fraction of sp³-hybridized carbons (Fsp3) is 0.304. The molecule has 0 bridgehead atoms. The number of carbonyl (C=O) groups is 1. The predicted octanol–water partition coefficient (Wildman–Crippen LogP) is 5.69. The second-order valence-corrected chi connectivity index (χ2v) is 8.62. The van der Waals surface area contributed by atoms with Crippen LogP contribution < -0.4 is 10.1 Å². The number of amides is 1. The normalized spacial score (nSPS) is 11.3. The minimum atomic E-state index is -0.0180. The van der Waals surface area contributed by atoms with Crippen LogP contribution in [0.1, 0.15) is 38.3 Å². The molecule has 0 saturated carbocycles. The van der Waals surface area contributed by atoms with Gasteiger partial charge in [-0.1, -0.05) is 45.0 Å². The number of nitrogens with one attached hydrogen (secondary N) is 1. The third-order valence-corrected chi connectivity index (χ3v) is 5.35. The van der Waals surface area contributed by atoms with Crippen LogP contribution in [0.5, 0.6) is 5.75 Å². The van der Waals surface area contributed by atoms with E-state index in [1.54, 1.807) is 7.11 Å². The first-order chi connectivity index (χ1) is 13.3. The lowest BCUT2D eigenvalue weighted by molar-refractivity contribution is -0.116. The molecule has 146 valence electrons. The second kappa shape index (κ2) is 8.57. The van der Waals surface area contributed by atoms with Crippen molar-refractivity contribution >= 4 is 22.4 Å². The number of anilines is 1. The van der Waals surface area contributed by atoms with Crippen molar-refractivity contribution in [3.63, 3.8) is 0 Å². The summed E-state index contributed by atoms with van der Waals surface area (Å²) < 4.78 is 5.17. The van der Waals surface area contributed by atoms with E-state index in [0.29, 0.717) is 18.0 Å². The molecule has 4 nitrogen and oxygen atoms in total. The lowest BCUT2D eigenvalue weighted by atomic mass is 9.86. The molecule has 2 aromatic carbocycles. The van der Waals surface area contributed by atoms with Gasteiger partial charge in [0.2, 0.25) is 5.91 Å². The van der Waals surface area contributed by atoms with Gasteiger partial charge in [0.25, 0.3) is 0 Å². The molecule has 1 N–H and O–H groups in total. The molecule has 0 atom stereocenters. The Morgan fingerprint density at radius 2 is 1.75 bits per heavy atom. The standard InChI is InChI=1S/C23H26N2O2S/c1-23(2,3)18-10-5-16(6-11-18)7-14-21(26)25-22-24-20(15-28-22)17-8-12-19(27-4)13-9-17/h5-6,8-13,15H,7,14H2,1-4H3,(H,24,25,26). The molecule has 0 aliphatic heterocycles. The molecule has 1 amide bonds. The smallest absolute Gasteiger partial charge is 0.226 e. The predicted molar refractivity (Wildman–Crippen MR) is 116 cm³/mol. The van der Waals surface area contributed by atoms with Crippen molar-refractivity contribution in [1.29, 1.82) is 0 Å². The Labute approximate surface area is 170 Å². The van der Waals surface area contributed by atoms with Gasteiger partial charge in [-0.15, -0.1) is 11.3 Å². The van der Waals surface area contributed by atoms with Crippen LogP contribution in [0.15, 0.2) is 53.9 Å². The topological polar surface area (TPSA) is 51.2 Å². The fourth-order valence-electron chi connectivity index (χ4n) is 2.84. The minimum absolute atomic E-state index is 0.0180. The summed E-state index contributed by atoms with van der Waals surface area (Å²) in [5, 5.41) is 5.48. The summed E-state index contributed by atoms with van der Waals surface area (Å²) in [6.45, 7) is 6.59. The number of ether oxygens (including phenoxy) is 1. The highest BCUT2D eigenvalue weighted by Crippen LogP contribution is 2.27. The molecule has 0 spiro atoms. The van der Waals surface area contributed by atoms with E-state index in [1.165, 1.54) is 22.5 Å². The molecule has 1 aromatic heterocycles. The molecule has 0 radical (unpaired) electrons. The van der Waals surface area contributed by atoms with Gasteiger partial charge in [0.15, 0.2) is 5.13 Å². The Hall–Kier alpha value is -2.66. The maximum atomic E-state index is 12.3. The van der Waals surface area contributed by atoms with Crippen LogP contribution in [0.2, 0.25) is 0 Å². The van der Waals surface area contributed by atoms with Gasteiger partial charge in [-0.05, 0) is 47.2 Å². The van der Waals surface area contributed by atoms with Crippen LogP contribution in [0.3, 0.4) is 0 Å². The number of carbonyl (C=O) groups excluding carboxylic acids is 1. The first-order valence-corrected chi connectivity index (χ1v) is 10.2. The number of nitrogens with zero attached hydrogens (tertiary/aromatic N) is 1. The molecular formula is C23H26N2O2S. The monoisotopic (exact) mass is 394 g/mol. The van der Waals surface area contributed by atoms with Gasteiger partial charge in [-0.25, -0.2) is 4.98 Å². The van der Waals surface area contributed by atoms with Crippen molar-refractivity contribution in [2.24, 2.45) is 0 Å². The van der Waals surface area contributed by atoms with Crippen molar-refractivity contribution in [1.82, 2.24) is 4.98 Å². The van der Waals surface area contributed by atoms with Crippen molar-refractivity contribution in [2.75, 3.05) is 12.4 Å². The van der Waals surface area contributed by atoms with Gasteiger partial charge in [0, 0.05) is 17.4 Å². The first-order valence-electron chi connectivity index (χ1n) is 9.34. The number of hydrogen-bond acceptors (Lipinski definition) is 4. The molecule has 28 heavy (non-hydrogen) atoms. The van der Waals surface area contributed by atoms with E-state index in [1.807, 2.05) is 29.6 Å². The molecule has 3 aromatic rings. The SMILES string of the molecule is COc1ccc(-c2csc(NC(=O)CCc3ccc(C(C)(C)C)cc3)n2)cc1. The zero-order chi connectivity index (χ0) is 20.1. The lowest BCUT2D eigenvalue weighted by Crippen LogP contribution is -2.13. The maximum absolute atomic E-state index is 12.3. The highest BCUT2D eigenvalue weighted by atomic mass is 32.1. The molecule has 0 aliphatic carbocycles. The number of methoxy groups -OCH3 is 1. The van der Waals surface area contributed by atoms with Gasteiger partial charge >= 0.3 is 0 Å². The highest BCUT2D eigenvalue weighted by molar-refractivity contribution is 7.14. The van der Waals surface area contributed by atoms with Crippen LogP contribution in [-0.2, 0) is 16.6 Å². The molecular weight excluding hydrogens is 368 g/mol. The van der Waals surface area contributed by atoms with E-state index in [9.17, 15) is 4.79 Å². The van der Waals surface area contributed by atoms with E-state index >= 15 is 0 Å². The second-order valence-electron chi connectivity index (χ2n) is 7.76. The Morgan fingerprint density at radius 1 is 1.07 bits per heavy atom. The zero-order valence-electron chi connectivity index (χ0n) is 16.8. The van der Waals surface area contributed by atoms with Crippen molar-refractivity contribution in [3.8, 4) is 17.0 Å². The van der Waals surface area contributed by atoms with Crippen molar-refractivity contribution in [3.05, 3.63) is 65.0 Å². The number of aromatic nitrogens is 1. The molecule has 0 fully saturated rings. The summed E-state index contributed by atoms with van der Waals surface area (Å²) in [5.41, 5.74) is 4.45. The van der Waals surface area contributed by atoms with E-state index in [0.717, 1.165) is 17.0 Å². The van der Waals surface area contributed by atoms with Crippen LogP contribution >= 0.6 is 11.3 Å². The Kier molecular flexibility index (Phi) is 6.15. The van der Waals surface area contributed by atoms with Crippen molar-refractivity contribution < 1.29 is 9.53 Å².